The molecule has 1 aromatic carbocycles. The van der Waals surface area contributed by atoms with E-state index in [4.69, 9.17) is 4.42 Å². The number of hydrogen-bond donors (Lipinski definition) is 4. The van der Waals surface area contributed by atoms with Gasteiger partial charge in [0.2, 0.25) is 0 Å². The summed E-state index contributed by atoms with van der Waals surface area (Å²) >= 11 is 1.68. The molecule has 0 radical (unpaired) electrons. The van der Waals surface area contributed by atoms with Gasteiger partial charge in [-0.05, 0) is 41.8 Å². The molecule has 7 nitrogen and oxygen atoms in total. The summed E-state index contributed by atoms with van der Waals surface area (Å²) in [4.78, 5) is 31.6. The van der Waals surface area contributed by atoms with E-state index in [2.05, 4.69) is 21.4 Å². The SMILES string of the molecule is O=C(C[NH+](Cc1ccco1)Cc1cccs1)Nc1ccc2[nH]c(=O)[nH]c2c1. The van der Waals surface area contributed by atoms with E-state index in [1.807, 2.05) is 23.6 Å². The Bertz CT molecular complexity index is 1040. The molecule has 4 rings (SSSR count). The van der Waals surface area contributed by atoms with Crippen molar-refractivity contribution in [1.82, 2.24) is 9.97 Å². The predicted octanol–water partition coefficient (Wildman–Crippen LogP) is 1.73. The van der Waals surface area contributed by atoms with Crippen molar-refractivity contribution in [1.29, 1.82) is 0 Å². The first kappa shape index (κ1) is 17.3. The molecule has 0 fully saturated rings. The minimum Gasteiger partial charge on any atom is -0.463 e. The Hall–Kier alpha value is -3.10. The van der Waals surface area contributed by atoms with Crippen LogP contribution in [-0.2, 0) is 17.9 Å². The predicted molar refractivity (Wildman–Crippen MR) is 104 cm³/mol. The summed E-state index contributed by atoms with van der Waals surface area (Å²) in [7, 11) is 0. The van der Waals surface area contributed by atoms with Gasteiger partial charge in [-0.15, -0.1) is 11.3 Å². The second-order valence-corrected chi connectivity index (χ2v) is 7.36. The van der Waals surface area contributed by atoms with Crippen LogP contribution in [0.2, 0.25) is 0 Å². The highest BCUT2D eigenvalue weighted by atomic mass is 32.1. The molecule has 0 spiro atoms. The first-order valence-corrected chi connectivity index (χ1v) is 9.44. The van der Waals surface area contributed by atoms with Crippen LogP contribution >= 0.6 is 11.3 Å². The standard InChI is InChI=1S/C19H18N4O3S/c24-18(20-13-5-6-16-17(9-13)22-19(25)21-16)12-23(10-14-3-1-7-26-14)11-15-4-2-8-27-15/h1-9H,10-12H2,(H,20,24)(H2,21,22,25)/p+1. The third kappa shape index (κ3) is 4.36. The van der Waals surface area contributed by atoms with Gasteiger partial charge in [0.1, 0.15) is 13.1 Å². The molecule has 4 aromatic rings. The van der Waals surface area contributed by atoms with Gasteiger partial charge < -0.3 is 24.6 Å². The summed E-state index contributed by atoms with van der Waals surface area (Å²) in [5.74, 6) is 0.756. The van der Waals surface area contributed by atoms with Crippen LogP contribution in [0.4, 0.5) is 5.69 Å². The van der Waals surface area contributed by atoms with E-state index in [0.29, 0.717) is 29.8 Å². The topological polar surface area (TPSA) is 95.3 Å². The molecule has 138 valence electrons. The van der Waals surface area contributed by atoms with Crippen LogP contribution in [-0.4, -0.2) is 22.4 Å². The molecule has 1 atom stereocenters. The number of furan rings is 1. The molecule has 0 aliphatic heterocycles. The molecule has 8 heteroatoms. The van der Waals surface area contributed by atoms with Crippen molar-refractivity contribution in [3.05, 3.63) is 75.2 Å². The number of nitrogens with one attached hydrogen (secondary N) is 4. The van der Waals surface area contributed by atoms with Crippen molar-refractivity contribution in [2.24, 2.45) is 0 Å². The lowest BCUT2D eigenvalue weighted by atomic mass is 10.2. The van der Waals surface area contributed by atoms with Crippen LogP contribution in [0.25, 0.3) is 11.0 Å². The fourth-order valence-corrected chi connectivity index (χ4v) is 3.83. The minimum atomic E-state index is -0.265. The zero-order chi connectivity index (χ0) is 18.6. The molecule has 0 saturated heterocycles. The smallest absolute Gasteiger partial charge is 0.323 e. The molecular weight excluding hydrogens is 364 g/mol. The summed E-state index contributed by atoms with van der Waals surface area (Å²) in [6, 6.07) is 13.1. The molecule has 0 saturated carbocycles. The zero-order valence-electron chi connectivity index (χ0n) is 14.5. The van der Waals surface area contributed by atoms with Crippen LogP contribution < -0.4 is 15.9 Å². The fraction of sp³-hybridized carbons (Fsp3) is 0.158. The summed E-state index contributed by atoms with van der Waals surface area (Å²) in [5.41, 5.74) is 1.76. The molecule has 3 aromatic heterocycles. The number of amides is 1. The van der Waals surface area contributed by atoms with Crippen molar-refractivity contribution in [3.8, 4) is 0 Å². The van der Waals surface area contributed by atoms with Crippen molar-refractivity contribution < 1.29 is 14.1 Å². The molecule has 1 amide bonds. The number of rotatable bonds is 7. The number of aromatic amines is 2. The van der Waals surface area contributed by atoms with E-state index in [1.165, 1.54) is 4.88 Å². The monoisotopic (exact) mass is 383 g/mol. The van der Waals surface area contributed by atoms with Crippen molar-refractivity contribution in [2.45, 2.75) is 13.1 Å². The van der Waals surface area contributed by atoms with Crippen LogP contribution in [0.3, 0.4) is 0 Å². The van der Waals surface area contributed by atoms with Crippen LogP contribution in [0.5, 0.6) is 0 Å². The second-order valence-electron chi connectivity index (χ2n) is 6.33. The number of aromatic nitrogens is 2. The summed E-state index contributed by atoms with van der Waals surface area (Å²) in [6.07, 6.45) is 1.64. The Morgan fingerprint density at radius 1 is 1.11 bits per heavy atom. The Morgan fingerprint density at radius 3 is 2.78 bits per heavy atom. The molecule has 27 heavy (non-hydrogen) atoms. The lowest BCUT2D eigenvalue weighted by molar-refractivity contribution is -0.920. The maximum absolute atomic E-state index is 12.6. The molecule has 4 N–H and O–H groups in total. The van der Waals surface area contributed by atoms with E-state index in [-0.39, 0.29) is 11.6 Å². The average Bonchev–Trinajstić information content (AvgIpc) is 3.36. The van der Waals surface area contributed by atoms with Gasteiger partial charge in [0, 0.05) is 5.69 Å². The van der Waals surface area contributed by atoms with E-state index in [0.717, 1.165) is 17.2 Å². The lowest BCUT2D eigenvalue weighted by Gasteiger charge is -2.17. The van der Waals surface area contributed by atoms with Gasteiger partial charge in [-0.2, -0.15) is 0 Å². The second kappa shape index (κ2) is 7.65. The molecule has 0 aliphatic rings. The van der Waals surface area contributed by atoms with Gasteiger partial charge in [-0.1, -0.05) is 6.07 Å². The van der Waals surface area contributed by atoms with Gasteiger partial charge in [-0.3, -0.25) is 4.79 Å². The first-order valence-electron chi connectivity index (χ1n) is 8.56. The highest BCUT2D eigenvalue weighted by Crippen LogP contribution is 2.14. The number of benzene rings is 1. The highest BCUT2D eigenvalue weighted by Gasteiger charge is 2.18. The van der Waals surface area contributed by atoms with E-state index < -0.39 is 0 Å². The van der Waals surface area contributed by atoms with Crippen LogP contribution in [0, 0.1) is 0 Å². The van der Waals surface area contributed by atoms with Crippen molar-refractivity contribution in [2.75, 3.05) is 11.9 Å². The normalized spacial score (nSPS) is 12.3. The van der Waals surface area contributed by atoms with E-state index in [9.17, 15) is 9.59 Å². The number of hydrogen-bond acceptors (Lipinski definition) is 4. The van der Waals surface area contributed by atoms with Gasteiger partial charge in [0.05, 0.1) is 22.2 Å². The largest absolute Gasteiger partial charge is 0.463 e. The highest BCUT2D eigenvalue weighted by molar-refractivity contribution is 7.09. The zero-order valence-corrected chi connectivity index (χ0v) is 15.3. The van der Waals surface area contributed by atoms with E-state index >= 15 is 0 Å². The van der Waals surface area contributed by atoms with Gasteiger partial charge in [-0.25, -0.2) is 4.79 Å². The van der Waals surface area contributed by atoms with Crippen LogP contribution in [0.1, 0.15) is 10.6 Å². The van der Waals surface area contributed by atoms with E-state index in [1.54, 1.807) is 35.8 Å². The third-order valence-corrected chi connectivity index (χ3v) is 5.10. The Kier molecular flexibility index (Phi) is 4.91. The van der Waals surface area contributed by atoms with Crippen molar-refractivity contribution in [3.63, 3.8) is 0 Å². The number of anilines is 1. The Morgan fingerprint density at radius 2 is 2.00 bits per heavy atom. The number of fused-ring (bicyclic) bond motifs is 1. The minimum absolute atomic E-state index is 0.0923. The number of imidazole rings is 1. The van der Waals surface area contributed by atoms with Crippen LogP contribution in [0.15, 0.2) is 63.3 Å². The number of quaternary nitrogens is 1. The number of thiophene rings is 1. The first-order chi connectivity index (χ1) is 13.2. The number of carbonyl (C=O) groups excluding carboxylic acids is 1. The maximum Gasteiger partial charge on any atom is 0.323 e. The fourth-order valence-electron chi connectivity index (χ4n) is 3.05. The molecule has 0 bridgehead atoms. The molecular formula is C19H19N4O3S+. The van der Waals surface area contributed by atoms with Gasteiger partial charge in [0.25, 0.3) is 5.91 Å². The molecule has 0 aliphatic carbocycles. The summed E-state index contributed by atoms with van der Waals surface area (Å²) in [5, 5.41) is 4.94. The Labute approximate surface area is 158 Å². The molecule has 1 unspecified atom stereocenters. The number of H-pyrrole nitrogens is 2. The van der Waals surface area contributed by atoms with Crippen molar-refractivity contribution >= 4 is 34.0 Å². The third-order valence-electron chi connectivity index (χ3n) is 4.22. The number of carbonyl (C=O) groups is 1. The summed E-state index contributed by atoms with van der Waals surface area (Å²) < 4.78 is 5.45. The molecule has 3 heterocycles. The average molecular weight is 383 g/mol. The lowest BCUT2D eigenvalue weighted by Crippen LogP contribution is -3.10. The summed E-state index contributed by atoms with van der Waals surface area (Å²) in [6.45, 7) is 1.68. The Balaban J connectivity index is 1.45. The van der Waals surface area contributed by atoms with Gasteiger partial charge >= 0.3 is 5.69 Å². The van der Waals surface area contributed by atoms with Gasteiger partial charge in [0.15, 0.2) is 12.3 Å². The maximum atomic E-state index is 12.6. The quantitative estimate of drug-likeness (QED) is 0.391.